The highest BCUT2D eigenvalue weighted by molar-refractivity contribution is 7.92. The average Bonchev–Trinajstić information content (AvgIpc) is 2.54. The Morgan fingerprint density at radius 3 is 2.12 bits per heavy atom. The molecule has 2 aromatic rings. The van der Waals surface area contributed by atoms with E-state index in [-0.39, 0.29) is 21.9 Å². The number of carbonyl (C=O) groups excluding carboxylic acids is 2. The molecule has 0 saturated heterocycles. The second-order valence-electron chi connectivity index (χ2n) is 6.63. The summed E-state index contributed by atoms with van der Waals surface area (Å²) in [6.45, 7) is 5.15. The van der Waals surface area contributed by atoms with E-state index in [4.69, 9.17) is 10.5 Å². The summed E-state index contributed by atoms with van der Waals surface area (Å²) >= 11 is 0. The first-order chi connectivity index (χ1) is 12.0. The lowest BCUT2D eigenvalue weighted by Crippen LogP contribution is -2.25. The molecule has 0 atom stereocenters. The van der Waals surface area contributed by atoms with Crippen molar-refractivity contribution >= 4 is 27.6 Å². The first kappa shape index (κ1) is 19.5. The van der Waals surface area contributed by atoms with E-state index in [0.29, 0.717) is 0 Å². The van der Waals surface area contributed by atoms with Crippen molar-refractivity contribution in [2.24, 2.45) is 11.1 Å². The van der Waals surface area contributed by atoms with Crippen LogP contribution < -0.4 is 15.2 Å². The smallest absolute Gasteiger partial charge is 0.316 e. The van der Waals surface area contributed by atoms with Crippen LogP contribution in [0.4, 0.5) is 5.69 Å². The quantitative estimate of drug-likeness (QED) is 0.614. The Kier molecular flexibility index (Phi) is 5.36. The van der Waals surface area contributed by atoms with Gasteiger partial charge in [-0.15, -0.1) is 0 Å². The number of nitrogens with one attached hydrogen (secondary N) is 1. The van der Waals surface area contributed by atoms with Gasteiger partial charge in [0.25, 0.3) is 15.9 Å². The lowest BCUT2D eigenvalue weighted by atomic mass is 9.97. The van der Waals surface area contributed by atoms with Gasteiger partial charge in [0, 0.05) is 0 Å². The fourth-order valence-corrected chi connectivity index (χ4v) is 3.02. The van der Waals surface area contributed by atoms with E-state index in [9.17, 15) is 18.0 Å². The van der Waals surface area contributed by atoms with Gasteiger partial charge in [-0.05, 0) is 57.2 Å². The summed E-state index contributed by atoms with van der Waals surface area (Å²) < 4.78 is 32.5. The first-order valence-electron chi connectivity index (χ1n) is 7.75. The van der Waals surface area contributed by atoms with Crippen LogP contribution >= 0.6 is 0 Å². The van der Waals surface area contributed by atoms with Crippen LogP contribution in [0, 0.1) is 5.41 Å². The fraction of sp³-hybridized carbons (Fsp3) is 0.222. The molecule has 2 rings (SSSR count). The van der Waals surface area contributed by atoms with E-state index < -0.39 is 27.3 Å². The molecule has 0 aliphatic carbocycles. The summed E-state index contributed by atoms with van der Waals surface area (Å²) in [5.41, 5.74) is 4.72. The molecule has 8 heteroatoms. The highest BCUT2D eigenvalue weighted by atomic mass is 32.2. The summed E-state index contributed by atoms with van der Waals surface area (Å²) in [6.07, 6.45) is 0. The number of para-hydroxylation sites is 1. The summed E-state index contributed by atoms with van der Waals surface area (Å²) in [5.74, 6) is -0.934. The Bertz CT molecular complexity index is 929. The van der Waals surface area contributed by atoms with Gasteiger partial charge in [-0.3, -0.25) is 14.3 Å². The molecule has 0 aromatic heterocycles. The molecule has 0 fully saturated rings. The molecule has 3 N–H and O–H groups in total. The lowest BCUT2D eigenvalue weighted by Gasteiger charge is -2.16. The highest BCUT2D eigenvalue weighted by Gasteiger charge is 2.24. The van der Waals surface area contributed by atoms with Crippen molar-refractivity contribution in [1.29, 1.82) is 0 Å². The van der Waals surface area contributed by atoms with Crippen molar-refractivity contribution < 1.29 is 22.7 Å². The fourth-order valence-electron chi connectivity index (χ4n) is 1.94. The Morgan fingerprint density at radius 2 is 1.58 bits per heavy atom. The number of hydrogen-bond acceptors (Lipinski definition) is 5. The number of benzene rings is 2. The maximum absolute atomic E-state index is 12.5. The topological polar surface area (TPSA) is 116 Å². The molecule has 138 valence electrons. The number of esters is 1. The zero-order valence-electron chi connectivity index (χ0n) is 14.6. The van der Waals surface area contributed by atoms with Crippen LogP contribution in [-0.2, 0) is 14.8 Å². The second-order valence-corrected chi connectivity index (χ2v) is 8.31. The summed E-state index contributed by atoms with van der Waals surface area (Å²) in [6, 6.07) is 11.4. The van der Waals surface area contributed by atoms with Crippen LogP contribution in [0.5, 0.6) is 5.75 Å². The number of primary amides is 1. The predicted molar refractivity (Wildman–Crippen MR) is 97.3 cm³/mol. The van der Waals surface area contributed by atoms with E-state index in [1.807, 2.05) is 0 Å². The van der Waals surface area contributed by atoms with Crippen molar-refractivity contribution in [2.45, 2.75) is 25.7 Å². The Morgan fingerprint density at radius 1 is 1.00 bits per heavy atom. The molecule has 7 nitrogen and oxygen atoms in total. The molecule has 0 heterocycles. The van der Waals surface area contributed by atoms with Gasteiger partial charge in [0.15, 0.2) is 0 Å². The summed E-state index contributed by atoms with van der Waals surface area (Å²) in [7, 11) is -3.94. The van der Waals surface area contributed by atoms with E-state index in [1.165, 1.54) is 36.4 Å². The predicted octanol–water partition coefficient (Wildman–Crippen LogP) is 2.54. The minimum absolute atomic E-state index is 0.0488. The molecule has 0 saturated carbocycles. The monoisotopic (exact) mass is 376 g/mol. The molecule has 0 radical (unpaired) electrons. The number of sulfonamides is 1. The number of hydrogen-bond donors (Lipinski definition) is 2. The van der Waals surface area contributed by atoms with Crippen molar-refractivity contribution in [2.75, 3.05) is 4.72 Å². The Labute approximate surface area is 152 Å². The van der Waals surface area contributed by atoms with Gasteiger partial charge in [0.2, 0.25) is 0 Å². The van der Waals surface area contributed by atoms with Gasteiger partial charge < -0.3 is 10.5 Å². The van der Waals surface area contributed by atoms with Crippen molar-refractivity contribution in [3.05, 3.63) is 54.1 Å². The third-order valence-electron chi connectivity index (χ3n) is 3.39. The minimum atomic E-state index is -3.94. The van der Waals surface area contributed by atoms with Crippen molar-refractivity contribution in [3.8, 4) is 5.75 Å². The average molecular weight is 376 g/mol. The van der Waals surface area contributed by atoms with Gasteiger partial charge in [-0.1, -0.05) is 12.1 Å². The molecule has 0 aliphatic rings. The minimum Gasteiger partial charge on any atom is -0.426 e. The number of carbonyl (C=O) groups is 2. The standard InChI is InChI=1S/C18H20N2O5S/c1-18(2,3)17(22)25-12-8-10-13(11-9-12)26(23,24)20-15-7-5-4-6-14(15)16(19)21/h4-11,20H,1-3H3,(H2,19,21). The lowest BCUT2D eigenvalue weighted by molar-refractivity contribution is -0.143. The van der Waals surface area contributed by atoms with Crippen LogP contribution in [0.25, 0.3) is 0 Å². The third-order valence-corrected chi connectivity index (χ3v) is 4.78. The molecule has 0 spiro atoms. The van der Waals surface area contributed by atoms with Gasteiger partial charge in [-0.2, -0.15) is 0 Å². The van der Waals surface area contributed by atoms with E-state index in [2.05, 4.69) is 4.72 Å². The summed E-state index contributed by atoms with van der Waals surface area (Å²) in [4.78, 5) is 23.2. The molecule has 26 heavy (non-hydrogen) atoms. The second kappa shape index (κ2) is 7.17. The molecule has 0 bridgehead atoms. The number of nitrogens with two attached hydrogens (primary N) is 1. The number of anilines is 1. The number of ether oxygens (including phenoxy) is 1. The van der Waals surface area contributed by atoms with Crippen LogP contribution in [-0.4, -0.2) is 20.3 Å². The Balaban J connectivity index is 2.23. The number of rotatable bonds is 5. The third kappa shape index (κ3) is 4.60. The molecule has 2 aromatic carbocycles. The zero-order chi connectivity index (χ0) is 19.5. The van der Waals surface area contributed by atoms with E-state index >= 15 is 0 Å². The molecule has 1 amide bonds. The van der Waals surface area contributed by atoms with Crippen LogP contribution in [0.3, 0.4) is 0 Å². The van der Waals surface area contributed by atoms with Crippen LogP contribution in [0.2, 0.25) is 0 Å². The Hall–Kier alpha value is -2.87. The maximum Gasteiger partial charge on any atom is 0.316 e. The molecule has 0 aliphatic heterocycles. The highest BCUT2D eigenvalue weighted by Crippen LogP contribution is 2.23. The van der Waals surface area contributed by atoms with E-state index in [1.54, 1.807) is 32.9 Å². The largest absolute Gasteiger partial charge is 0.426 e. The zero-order valence-corrected chi connectivity index (χ0v) is 15.5. The first-order valence-corrected chi connectivity index (χ1v) is 9.23. The molecule has 0 unspecified atom stereocenters. The van der Waals surface area contributed by atoms with Crippen LogP contribution in [0.15, 0.2) is 53.4 Å². The normalized spacial score (nSPS) is 11.7. The molecular weight excluding hydrogens is 356 g/mol. The van der Waals surface area contributed by atoms with Crippen molar-refractivity contribution in [3.63, 3.8) is 0 Å². The maximum atomic E-state index is 12.5. The summed E-state index contributed by atoms with van der Waals surface area (Å²) in [5, 5.41) is 0. The SMILES string of the molecule is CC(C)(C)C(=O)Oc1ccc(S(=O)(=O)Nc2ccccc2C(N)=O)cc1. The number of amides is 1. The van der Waals surface area contributed by atoms with Gasteiger partial charge in [-0.25, -0.2) is 8.42 Å². The molecular formula is C18H20N2O5S. The van der Waals surface area contributed by atoms with E-state index in [0.717, 1.165) is 0 Å². The van der Waals surface area contributed by atoms with Gasteiger partial charge >= 0.3 is 5.97 Å². The van der Waals surface area contributed by atoms with Gasteiger partial charge in [0.1, 0.15) is 5.75 Å². The van der Waals surface area contributed by atoms with Crippen LogP contribution in [0.1, 0.15) is 31.1 Å². The van der Waals surface area contributed by atoms with Gasteiger partial charge in [0.05, 0.1) is 21.6 Å². The van der Waals surface area contributed by atoms with Crippen molar-refractivity contribution in [1.82, 2.24) is 0 Å².